The maximum absolute atomic E-state index is 13.1. The SMILES string of the molecule is CCCN1C(=O)/C(=C2/SC(=S)N([C@H]3CCS(=O)(=O)C3)C2=O)c2ccccc21. The van der Waals surface area contributed by atoms with Gasteiger partial charge >= 0.3 is 0 Å². The van der Waals surface area contributed by atoms with Crippen molar-refractivity contribution in [2.45, 2.75) is 25.8 Å². The number of anilines is 1. The summed E-state index contributed by atoms with van der Waals surface area (Å²) in [4.78, 5) is 29.6. The van der Waals surface area contributed by atoms with Gasteiger partial charge in [0.1, 0.15) is 4.32 Å². The summed E-state index contributed by atoms with van der Waals surface area (Å²) in [6.07, 6.45) is 1.18. The van der Waals surface area contributed by atoms with Gasteiger partial charge in [-0.1, -0.05) is 49.1 Å². The average molecular weight is 423 g/mol. The maximum atomic E-state index is 13.1. The topological polar surface area (TPSA) is 74.8 Å². The number of rotatable bonds is 3. The molecule has 0 saturated carbocycles. The number of hydrogen-bond acceptors (Lipinski definition) is 6. The van der Waals surface area contributed by atoms with Gasteiger partial charge in [0, 0.05) is 12.1 Å². The van der Waals surface area contributed by atoms with Crippen molar-refractivity contribution in [3.8, 4) is 0 Å². The van der Waals surface area contributed by atoms with Crippen LogP contribution in [0.1, 0.15) is 25.3 Å². The molecule has 0 spiro atoms. The largest absolute Gasteiger partial charge is 0.308 e. The van der Waals surface area contributed by atoms with Gasteiger partial charge in [0.05, 0.1) is 33.7 Å². The number of nitrogens with zero attached hydrogens (tertiary/aromatic N) is 2. The fraction of sp³-hybridized carbons (Fsp3) is 0.389. The standard InChI is InChI=1S/C18H18N2O4S3/c1-2-8-19-13-6-4-3-5-12(13)14(16(19)21)15-17(22)20(18(25)26-15)11-7-9-27(23,24)10-11/h3-6,11H,2,7-10H2,1H3/b15-14+/t11-/m0/s1. The molecule has 2 saturated heterocycles. The quantitative estimate of drug-likeness (QED) is 0.549. The molecule has 9 heteroatoms. The number of sulfone groups is 1. The van der Waals surface area contributed by atoms with Gasteiger partial charge in [0.25, 0.3) is 11.8 Å². The Morgan fingerprint density at radius 3 is 2.63 bits per heavy atom. The lowest BCUT2D eigenvalue weighted by atomic mass is 10.1. The number of fused-ring (bicyclic) bond motifs is 1. The Balaban J connectivity index is 1.77. The van der Waals surface area contributed by atoms with E-state index < -0.39 is 15.9 Å². The molecule has 3 heterocycles. The molecule has 0 aromatic heterocycles. The van der Waals surface area contributed by atoms with E-state index in [1.54, 1.807) is 4.90 Å². The zero-order valence-corrected chi connectivity index (χ0v) is 17.1. The molecule has 0 bridgehead atoms. The molecule has 4 rings (SSSR count). The summed E-state index contributed by atoms with van der Waals surface area (Å²) in [5.41, 5.74) is 1.91. The number of hydrogen-bond donors (Lipinski definition) is 0. The van der Waals surface area contributed by atoms with E-state index in [-0.39, 0.29) is 23.3 Å². The normalized spacial score (nSPS) is 27.0. The van der Waals surface area contributed by atoms with Crippen molar-refractivity contribution >= 4 is 61.2 Å². The van der Waals surface area contributed by atoms with Crippen LogP contribution >= 0.6 is 24.0 Å². The summed E-state index contributed by atoms with van der Waals surface area (Å²) in [5, 5.41) is 0. The molecule has 1 atom stereocenters. The fourth-order valence-corrected chi connectivity index (χ4v) is 6.94. The third kappa shape index (κ3) is 3.01. The lowest BCUT2D eigenvalue weighted by molar-refractivity contribution is -0.123. The first kappa shape index (κ1) is 18.6. The van der Waals surface area contributed by atoms with Gasteiger partial charge in [-0.15, -0.1) is 0 Å². The molecule has 2 fully saturated rings. The second-order valence-corrected chi connectivity index (χ2v) is 10.7. The van der Waals surface area contributed by atoms with Crippen molar-refractivity contribution in [2.75, 3.05) is 23.0 Å². The van der Waals surface area contributed by atoms with Gasteiger partial charge in [-0.3, -0.25) is 14.5 Å². The first-order valence-corrected chi connectivity index (χ1v) is 11.8. The van der Waals surface area contributed by atoms with Crippen LogP contribution in [0.5, 0.6) is 0 Å². The first-order valence-electron chi connectivity index (χ1n) is 8.75. The third-order valence-electron chi connectivity index (χ3n) is 4.97. The molecular formula is C18H18N2O4S3. The highest BCUT2D eigenvalue weighted by Crippen LogP contribution is 2.45. The van der Waals surface area contributed by atoms with Gasteiger partial charge in [0.2, 0.25) is 0 Å². The van der Waals surface area contributed by atoms with E-state index in [1.165, 1.54) is 4.90 Å². The van der Waals surface area contributed by atoms with Crippen LogP contribution in [0, 0.1) is 0 Å². The zero-order valence-electron chi connectivity index (χ0n) is 14.7. The van der Waals surface area contributed by atoms with Crippen molar-refractivity contribution in [3.63, 3.8) is 0 Å². The molecule has 0 unspecified atom stereocenters. The smallest absolute Gasteiger partial charge is 0.267 e. The highest BCUT2D eigenvalue weighted by atomic mass is 32.2. The van der Waals surface area contributed by atoms with Gasteiger partial charge in [0.15, 0.2) is 9.84 Å². The Morgan fingerprint density at radius 1 is 1.22 bits per heavy atom. The van der Waals surface area contributed by atoms with E-state index in [9.17, 15) is 18.0 Å². The van der Waals surface area contributed by atoms with Crippen molar-refractivity contribution in [2.24, 2.45) is 0 Å². The van der Waals surface area contributed by atoms with Crippen LogP contribution in [-0.4, -0.2) is 53.5 Å². The highest BCUT2D eigenvalue weighted by Gasteiger charge is 2.46. The Kier molecular flexibility index (Phi) is 4.64. The molecule has 27 heavy (non-hydrogen) atoms. The number of thioether (sulfide) groups is 1. The Hall–Kier alpha value is -1.71. The van der Waals surface area contributed by atoms with Crippen molar-refractivity contribution in [1.82, 2.24) is 4.90 Å². The number of amides is 2. The third-order valence-corrected chi connectivity index (χ3v) is 8.12. The van der Waals surface area contributed by atoms with Gasteiger partial charge in [-0.25, -0.2) is 8.42 Å². The number of thiocarbonyl (C=S) groups is 1. The van der Waals surface area contributed by atoms with E-state index in [0.29, 0.717) is 27.8 Å². The summed E-state index contributed by atoms with van der Waals surface area (Å²) in [6, 6.07) is 6.97. The van der Waals surface area contributed by atoms with Crippen molar-refractivity contribution in [1.29, 1.82) is 0 Å². The second-order valence-electron chi connectivity index (χ2n) is 6.78. The Labute approximate surface area is 167 Å². The van der Waals surface area contributed by atoms with Gasteiger partial charge < -0.3 is 4.90 Å². The molecule has 142 valence electrons. The molecule has 0 radical (unpaired) electrons. The summed E-state index contributed by atoms with van der Waals surface area (Å²) < 4.78 is 24.0. The summed E-state index contributed by atoms with van der Waals surface area (Å²) in [5.74, 6) is -0.567. The fourth-order valence-electron chi connectivity index (χ4n) is 3.77. The first-order chi connectivity index (χ1) is 12.8. The van der Waals surface area contributed by atoms with Crippen LogP contribution in [0.25, 0.3) is 5.57 Å². The minimum Gasteiger partial charge on any atom is -0.308 e. The molecule has 0 aliphatic carbocycles. The van der Waals surface area contributed by atoms with Crippen LogP contribution in [0.15, 0.2) is 29.2 Å². The lowest BCUT2D eigenvalue weighted by Crippen LogP contribution is -2.39. The molecule has 0 N–H and O–H groups in total. The molecule has 3 aliphatic rings. The second kappa shape index (κ2) is 6.72. The molecule has 2 amide bonds. The number of carbonyl (C=O) groups excluding carboxylic acids is 2. The van der Waals surface area contributed by atoms with Crippen LogP contribution in [0.3, 0.4) is 0 Å². The highest BCUT2D eigenvalue weighted by molar-refractivity contribution is 8.26. The summed E-state index contributed by atoms with van der Waals surface area (Å²) in [7, 11) is -3.15. The minimum atomic E-state index is -3.15. The number of carbonyl (C=O) groups is 2. The predicted octanol–water partition coefficient (Wildman–Crippen LogP) is 2.20. The van der Waals surface area contributed by atoms with Crippen molar-refractivity contribution in [3.05, 3.63) is 34.7 Å². The Morgan fingerprint density at radius 2 is 1.96 bits per heavy atom. The molecule has 1 aromatic carbocycles. The van der Waals surface area contributed by atoms with E-state index in [1.807, 2.05) is 31.2 Å². The molecule has 3 aliphatic heterocycles. The predicted molar refractivity (Wildman–Crippen MR) is 110 cm³/mol. The monoisotopic (exact) mass is 422 g/mol. The Bertz CT molecular complexity index is 1000. The minimum absolute atomic E-state index is 0.0622. The van der Waals surface area contributed by atoms with Crippen LogP contribution < -0.4 is 4.90 Å². The van der Waals surface area contributed by atoms with Crippen LogP contribution in [0.2, 0.25) is 0 Å². The van der Waals surface area contributed by atoms with Crippen molar-refractivity contribution < 1.29 is 18.0 Å². The van der Waals surface area contributed by atoms with E-state index in [0.717, 1.165) is 29.4 Å². The average Bonchev–Trinajstić information content (AvgIpc) is 3.21. The van der Waals surface area contributed by atoms with E-state index in [4.69, 9.17) is 12.2 Å². The van der Waals surface area contributed by atoms with Crippen LogP contribution in [-0.2, 0) is 19.4 Å². The van der Waals surface area contributed by atoms with Crippen LogP contribution in [0.4, 0.5) is 5.69 Å². The molecule has 6 nitrogen and oxygen atoms in total. The van der Waals surface area contributed by atoms with E-state index in [2.05, 4.69) is 0 Å². The summed E-state index contributed by atoms with van der Waals surface area (Å²) in [6.45, 7) is 2.56. The lowest BCUT2D eigenvalue weighted by Gasteiger charge is -2.21. The number of para-hydroxylation sites is 1. The zero-order chi connectivity index (χ0) is 19.3. The molecular weight excluding hydrogens is 404 g/mol. The molecule has 1 aromatic rings. The van der Waals surface area contributed by atoms with Gasteiger partial charge in [-0.05, 0) is 18.9 Å². The van der Waals surface area contributed by atoms with E-state index >= 15 is 0 Å². The number of benzene rings is 1. The van der Waals surface area contributed by atoms with Gasteiger partial charge in [-0.2, -0.15) is 0 Å². The maximum Gasteiger partial charge on any atom is 0.267 e. The summed E-state index contributed by atoms with van der Waals surface area (Å²) >= 11 is 6.47.